The van der Waals surface area contributed by atoms with Gasteiger partial charge in [-0.2, -0.15) is 0 Å². The van der Waals surface area contributed by atoms with Gasteiger partial charge in [-0.15, -0.1) is 0 Å². The molecule has 2 rings (SSSR count). The van der Waals surface area contributed by atoms with Gasteiger partial charge in [-0.1, -0.05) is 68.3 Å². The van der Waals surface area contributed by atoms with Crippen molar-refractivity contribution in [3.63, 3.8) is 0 Å². The van der Waals surface area contributed by atoms with Crippen LogP contribution in [0, 0.1) is 13.8 Å². The minimum atomic E-state index is 0.563. The highest BCUT2D eigenvalue weighted by atomic mass is 28.2. The van der Waals surface area contributed by atoms with Crippen LogP contribution in [0.4, 0.5) is 0 Å². The number of hydrogen-bond acceptors (Lipinski definition) is 1. The van der Waals surface area contributed by atoms with Crippen LogP contribution in [0.3, 0.4) is 0 Å². The van der Waals surface area contributed by atoms with Crippen molar-refractivity contribution in [3.05, 3.63) is 58.1 Å². The van der Waals surface area contributed by atoms with E-state index in [0.717, 1.165) is 52.8 Å². The van der Waals surface area contributed by atoms with Gasteiger partial charge < -0.3 is 5.11 Å². The Labute approximate surface area is 162 Å². The van der Waals surface area contributed by atoms with Crippen molar-refractivity contribution < 1.29 is 5.11 Å². The largest absolute Gasteiger partial charge is 0.507 e. The molecule has 2 aromatic carbocycles. The van der Waals surface area contributed by atoms with Gasteiger partial charge in [-0.3, -0.25) is 0 Å². The number of phenolic OH excluding ortho intramolecular Hbond substituents is 1. The summed E-state index contributed by atoms with van der Waals surface area (Å²) in [5, 5.41) is 12.1. The molecule has 0 aliphatic rings. The molecule has 0 aliphatic carbocycles. The zero-order chi connectivity index (χ0) is 18.9. The topological polar surface area (TPSA) is 20.2 Å². The third kappa shape index (κ3) is 5.74. The van der Waals surface area contributed by atoms with E-state index in [1.165, 1.54) is 40.8 Å². The van der Waals surface area contributed by atoms with Crippen LogP contribution in [0.2, 0.25) is 6.04 Å². The molecule has 0 atom stereocenters. The Hall–Kier alpha value is -1.54. The summed E-state index contributed by atoms with van der Waals surface area (Å²) in [5.41, 5.74) is 6.56. The Morgan fingerprint density at radius 1 is 0.885 bits per heavy atom. The van der Waals surface area contributed by atoms with Crippen LogP contribution in [0.25, 0.3) is 0 Å². The lowest BCUT2D eigenvalue weighted by Crippen LogP contribution is -2.18. The second-order valence-electron chi connectivity index (χ2n) is 7.39. The number of rotatable bonds is 10. The van der Waals surface area contributed by atoms with Gasteiger partial charge in [-0.05, 0) is 73.8 Å². The molecule has 0 saturated heterocycles. The quantitative estimate of drug-likeness (QED) is 0.536. The maximum Gasteiger partial charge on any atom is 0.121 e. The van der Waals surface area contributed by atoms with Crippen molar-refractivity contribution in [2.24, 2.45) is 0 Å². The summed E-state index contributed by atoms with van der Waals surface area (Å²) >= 11 is 0. The first-order chi connectivity index (χ1) is 12.6. The van der Waals surface area contributed by atoms with Crippen LogP contribution in [0.5, 0.6) is 5.75 Å². The molecule has 0 unspecified atom stereocenters. The predicted molar refractivity (Wildman–Crippen MR) is 115 cm³/mol. The molecular weight excluding hydrogens is 332 g/mol. The normalized spacial score (nSPS) is 11.1. The van der Waals surface area contributed by atoms with Crippen LogP contribution >= 0.6 is 0 Å². The van der Waals surface area contributed by atoms with Gasteiger partial charge in [0, 0.05) is 0 Å². The van der Waals surface area contributed by atoms with Crippen LogP contribution in [0.1, 0.15) is 67.3 Å². The molecule has 1 nitrogen and oxygen atoms in total. The van der Waals surface area contributed by atoms with E-state index in [2.05, 4.69) is 58.0 Å². The van der Waals surface area contributed by atoms with Gasteiger partial charge in [0.15, 0.2) is 0 Å². The minimum absolute atomic E-state index is 0.563. The second kappa shape index (κ2) is 10.6. The van der Waals surface area contributed by atoms with E-state index in [1.54, 1.807) is 0 Å². The number of aromatic hydroxyl groups is 1. The maximum atomic E-state index is 10.6. The fourth-order valence-corrected chi connectivity index (χ4v) is 4.74. The average Bonchev–Trinajstić information content (AvgIpc) is 2.64. The Kier molecular flexibility index (Phi) is 8.44. The first kappa shape index (κ1) is 20.8. The van der Waals surface area contributed by atoms with Crippen LogP contribution in [-0.2, 0) is 19.3 Å². The predicted octanol–water partition coefficient (Wildman–Crippen LogP) is 5.68. The monoisotopic (exact) mass is 366 g/mol. The van der Waals surface area contributed by atoms with Crippen molar-refractivity contribution in [1.29, 1.82) is 0 Å². The molecule has 0 aromatic heterocycles. The lowest BCUT2D eigenvalue weighted by Gasteiger charge is -2.14. The van der Waals surface area contributed by atoms with E-state index in [-0.39, 0.29) is 0 Å². The zero-order valence-corrected chi connectivity index (χ0v) is 18.0. The number of unbranched alkanes of at least 4 members (excludes halogenated alkanes) is 2. The molecule has 0 spiro atoms. The van der Waals surface area contributed by atoms with Crippen molar-refractivity contribution in [2.75, 3.05) is 0 Å². The molecule has 0 fully saturated rings. The van der Waals surface area contributed by atoms with Gasteiger partial charge in [0.05, 0.1) is 9.52 Å². The van der Waals surface area contributed by atoms with E-state index in [4.69, 9.17) is 0 Å². The Balaban J connectivity index is 2.10. The number of hydrogen-bond donors (Lipinski definition) is 1. The van der Waals surface area contributed by atoms with Gasteiger partial charge >= 0.3 is 0 Å². The molecule has 2 radical (unpaired) electrons. The molecule has 0 heterocycles. The summed E-state index contributed by atoms with van der Waals surface area (Å²) in [6.45, 7) is 8.86. The maximum absolute atomic E-state index is 10.6. The zero-order valence-electron chi connectivity index (χ0n) is 17.0. The number of benzene rings is 2. The van der Waals surface area contributed by atoms with Crippen molar-refractivity contribution in [2.45, 2.75) is 78.7 Å². The fourth-order valence-electron chi connectivity index (χ4n) is 3.38. The smallest absolute Gasteiger partial charge is 0.121 e. The average molecular weight is 367 g/mol. The fraction of sp³-hybridized carbons (Fsp3) is 0.500. The molecule has 0 bridgehead atoms. The third-order valence-corrected chi connectivity index (χ3v) is 6.68. The SMILES string of the molecule is CCCCc1cc(CC[Si]c2cccc(C)c2C)cc(CCCC)c1O. The first-order valence-corrected chi connectivity index (χ1v) is 11.4. The lowest BCUT2D eigenvalue weighted by atomic mass is 9.96. The third-order valence-electron chi connectivity index (χ3n) is 5.26. The van der Waals surface area contributed by atoms with Crippen molar-refractivity contribution >= 4 is 14.7 Å². The summed E-state index contributed by atoms with van der Waals surface area (Å²) in [6.07, 6.45) is 7.72. The Bertz CT molecular complexity index is 676. The molecule has 0 aliphatic heterocycles. The van der Waals surface area contributed by atoms with Crippen molar-refractivity contribution in [1.82, 2.24) is 0 Å². The highest BCUT2D eigenvalue weighted by Crippen LogP contribution is 2.28. The molecule has 2 aromatic rings. The van der Waals surface area contributed by atoms with Crippen LogP contribution in [0.15, 0.2) is 30.3 Å². The molecule has 0 amide bonds. The van der Waals surface area contributed by atoms with Crippen LogP contribution < -0.4 is 5.19 Å². The number of aryl methyl sites for hydroxylation is 4. The summed E-state index contributed by atoms with van der Waals surface area (Å²) in [7, 11) is 0.856. The van der Waals surface area contributed by atoms with Gasteiger partial charge in [0.2, 0.25) is 0 Å². The molecule has 26 heavy (non-hydrogen) atoms. The Morgan fingerprint density at radius 3 is 2.08 bits per heavy atom. The first-order valence-electron chi connectivity index (χ1n) is 10.2. The summed E-state index contributed by atoms with van der Waals surface area (Å²) in [5.74, 6) is 0.563. The standard InChI is InChI=1S/C24H34OSi/c1-5-7-11-21-16-20(17-22(24(21)25)12-8-6-2)14-15-26-23-13-9-10-18(3)19(23)4/h9-10,13,16-17,25H,5-8,11-12,14-15H2,1-4H3. The highest BCUT2D eigenvalue weighted by Gasteiger charge is 2.10. The summed E-state index contributed by atoms with van der Waals surface area (Å²) in [4.78, 5) is 0. The van der Waals surface area contributed by atoms with E-state index >= 15 is 0 Å². The minimum Gasteiger partial charge on any atom is -0.507 e. The summed E-state index contributed by atoms with van der Waals surface area (Å²) in [6, 6.07) is 12.4. The highest BCUT2D eigenvalue weighted by molar-refractivity contribution is 6.54. The van der Waals surface area contributed by atoms with Crippen LogP contribution in [-0.4, -0.2) is 14.6 Å². The van der Waals surface area contributed by atoms with Gasteiger partial charge in [-0.25, -0.2) is 0 Å². The lowest BCUT2D eigenvalue weighted by molar-refractivity contribution is 0.458. The van der Waals surface area contributed by atoms with E-state index in [0.29, 0.717) is 5.75 Å². The Morgan fingerprint density at radius 2 is 1.50 bits per heavy atom. The van der Waals surface area contributed by atoms with Gasteiger partial charge in [0.25, 0.3) is 0 Å². The summed E-state index contributed by atoms with van der Waals surface area (Å²) < 4.78 is 0. The number of phenols is 1. The van der Waals surface area contributed by atoms with Crippen molar-refractivity contribution in [3.8, 4) is 5.75 Å². The molecule has 1 N–H and O–H groups in total. The van der Waals surface area contributed by atoms with Gasteiger partial charge in [0.1, 0.15) is 5.75 Å². The van der Waals surface area contributed by atoms with E-state index < -0.39 is 0 Å². The molecular formula is C24H34OSi. The van der Waals surface area contributed by atoms with E-state index in [1.807, 2.05) is 0 Å². The second-order valence-corrected chi connectivity index (χ2v) is 8.79. The van der Waals surface area contributed by atoms with E-state index in [9.17, 15) is 5.11 Å². The molecule has 2 heteroatoms. The molecule has 140 valence electrons. The molecule has 0 saturated carbocycles.